The van der Waals surface area contributed by atoms with E-state index in [0.717, 1.165) is 32.6 Å². The predicted molar refractivity (Wildman–Crippen MR) is 80.5 cm³/mol. The van der Waals surface area contributed by atoms with Gasteiger partial charge in [-0.3, -0.25) is 0 Å². The highest BCUT2D eigenvalue weighted by Crippen LogP contribution is 2.30. The molecule has 1 N–H and O–H groups in total. The summed E-state index contributed by atoms with van der Waals surface area (Å²) < 4.78 is 6.18. The summed E-state index contributed by atoms with van der Waals surface area (Å²) in [5.41, 5.74) is 4.19. The second-order valence-corrected chi connectivity index (χ2v) is 5.31. The summed E-state index contributed by atoms with van der Waals surface area (Å²) in [5.74, 6) is 1.67. The van der Waals surface area contributed by atoms with Gasteiger partial charge in [-0.15, -0.1) is 0 Å². The fourth-order valence-corrected chi connectivity index (χ4v) is 2.54. The first-order valence-electron chi connectivity index (χ1n) is 5.97. The quantitative estimate of drug-likeness (QED) is 0.765. The minimum atomic E-state index is 0.804. The Morgan fingerprint density at radius 2 is 1.89 bits per heavy atom. The standard InChI is InChI=1S/C15H13BrN2O/c1-9-3-5-10(6-4-9)15-17-13-8-11(19-2)7-12(16)14(13)18-15/h3-8H,1-2H3,(H,17,18). The lowest BCUT2D eigenvalue weighted by atomic mass is 10.1. The van der Waals surface area contributed by atoms with E-state index < -0.39 is 0 Å². The molecule has 3 aromatic rings. The van der Waals surface area contributed by atoms with Crippen LogP contribution in [0, 0.1) is 6.92 Å². The molecule has 96 valence electrons. The molecule has 0 radical (unpaired) electrons. The first-order chi connectivity index (χ1) is 9.17. The molecule has 2 aromatic carbocycles. The molecule has 1 heterocycles. The third kappa shape index (κ3) is 2.24. The highest BCUT2D eigenvalue weighted by Gasteiger charge is 2.09. The van der Waals surface area contributed by atoms with Crippen molar-refractivity contribution in [2.75, 3.05) is 7.11 Å². The molecule has 3 rings (SSSR count). The van der Waals surface area contributed by atoms with Crippen molar-refractivity contribution in [1.82, 2.24) is 9.97 Å². The highest BCUT2D eigenvalue weighted by molar-refractivity contribution is 9.10. The van der Waals surface area contributed by atoms with Gasteiger partial charge >= 0.3 is 0 Å². The van der Waals surface area contributed by atoms with Crippen molar-refractivity contribution in [2.45, 2.75) is 6.92 Å². The van der Waals surface area contributed by atoms with E-state index in [0.29, 0.717) is 0 Å². The Balaban J connectivity index is 2.16. The number of imidazole rings is 1. The van der Waals surface area contributed by atoms with Gasteiger partial charge in [0, 0.05) is 16.1 Å². The number of fused-ring (bicyclic) bond motifs is 1. The largest absolute Gasteiger partial charge is 0.497 e. The lowest BCUT2D eigenvalue weighted by Crippen LogP contribution is -1.82. The molecule has 0 amide bonds. The topological polar surface area (TPSA) is 37.9 Å². The van der Waals surface area contributed by atoms with Gasteiger partial charge in [-0.05, 0) is 28.9 Å². The van der Waals surface area contributed by atoms with Gasteiger partial charge in [0.15, 0.2) is 0 Å². The number of benzene rings is 2. The fourth-order valence-electron chi connectivity index (χ4n) is 2.02. The lowest BCUT2D eigenvalue weighted by Gasteiger charge is -1.99. The first-order valence-corrected chi connectivity index (χ1v) is 6.77. The van der Waals surface area contributed by atoms with Crippen molar-refractivity contribution < 1.29 is 4.74 Å². The number of aromatic nitrogens is 2. The molecule has 19 heavy (non-hydrogen) atoms. The van der Waals surface area contributed by atoms with Crippen molar-refractivity contribution in [3.8, 4) is 17.1 Å². The average Bonchev–Trinajstić information content (AvgIpc) is 2.84. The normalized spacial score (nSPS) is 10.9. The van der Waals surface area contributed by atoms with E-state index in [4.69, 9.17) is 4.74 Å². The van der Waals surface area contributed by atoms with Gasteiger partial charge in [-0.25, -0.2) is 4.98 Å². The number of methoxy groups -OCH3 is 1. The van der Waals surface area contributed by atoms with E-state index in [2.05, 4.69) is 57.1 Å². The number of hydrogen-bond donors (Lipinski definition) is 1. The molecule has 4 heteroatoms. The Morgan fingerprint density at radius 1 is 1.16 bits per heavy atom. The maximum atomic E-state index is 5.26. The molecule has 0 aliphatic heterocycles. The summed E-state index contributed by atoms with van der Waals surface area (Å²) in [4.78, 5) is 7.96. The van der Waals surface area contributed by atoms with Crippen LogP contribution in [0.4, 0.5) is 0 Å². The number of aryl methyl sites for hydroxylation is 1. The van der Waals surface area contributed by atoms with Gasteiger partial charge in [0.25, 0.3) is 0 Å². The Hall–Kier alpha value is -1.81. The maximum Gasteiger partial charge on any atom is 0.138 e. The Bertz CT molecular complexity index is 732. The van der Waals surface area contributed by atoms with Crippen molar-refractivity contribution in [3.63, 3.8) is 0 Å². The molecule has 0 aliphatic rings. The zero-order chi connectivity index (χ0) is 13.4. The van der Waals surface area contributed by atoms with Gasteiger partial charge < -0.3 is 9.72 Å². The van der Waals surface area contributed by atoms with Crippen molar-refractivity contribution >= 4 is 27.0 Å². The number of halogens is 1. The predicted octanol–water partition coefficient (Wildman–Crippen LogP) is 4.31. The second-order valence-electron chi connectivity index (χ2n) is 4.46. The van der Waals surface area contributed by atoms with Crippen LogP contribution in [0.2, 0.25) is 0 Å². The molecule has 3 nitrogen and oxygen atoms in total. The monoisotopic (exact) mass is 316 g/mol. The van der Waals surface area contributed by atoms with Gasteiger partial charge in [0.05, 0.1) is 12.6 Å². The molecule has 0 unspecified atom stereocenters. The third-order valence-corrected chi connectivity index (χ3v) is 3.68. The van der Waals surface area contributed by atoms with Crippen LogP contribution in [0.25, 0.3) is 22.4 Å². The van der Waals surface area contributed by atoms with E-state index in [1.807, 2.05) is 12.1 Å². The third-order valence-electron chi connectivity index (χ3n) is 3.07. The summed E-state index contributed by atoms with van der Waals surface area (Å²) in [6, 6.07) is 12.2. The van der Waals surface area contributed by atoms with Gasteiger partial charge in [-0.2, -0.15) is 0 Å². The molecule has 1 aromatic heterocycles. The minimum absolute atomic E-state index is 0.804. The maximum absolute atomic E-state index is 5.26. The van der Waals surface area contributed by atoms with E-state index in [1.54, 1.807) is 7.11 Å². The second kappa shape index (κ2) is 4.70. The van der Waals surface area contributed by atoms with Crippen LogP contribution in [0.5, 0.6) is 5.75 Å². The molecular weight excluding hydrogens is 304 g/mol. The summed E-state index contributed by atoms with van der Waals surface area (Å²) in [6.45, 7) is 2.07. The summed E-state index contributed by atoms with van der Waals surface area (Å²) in [5, 5.41) is 0. The molecule has 0 spiro atoms. The number of nitrogens with one attached hydrogen (secondary N) is 1. The molecule has 0 saturated heterocycles. The van der Waals surface area contributed by atoms with Gasteiger partial charge in [-0.1, -0.05) is 29.8 Å². The fraction of sp³-hybridized carbons (Fsp3) is 0.133. The Morgan fingerprint density at radius 3 is 2.58 bits per heavy atom. The van der Waals surface area contributed by atoms with Crippen molar-refractivity contribution in [1.29, 1.82) is 0 Å². The average molecular weight is 317 g/mol. The summed E-state index contributed by atoms with van der Waals surface area (Å²) >= 11 is 3.52. The van der Waals surface area contributed by atoms with E-state index in [9.17, 15) is 0 Å². The first kappa shape index (κ1) is 12.2. The number of hydrogen-bond acceptors (Lipinski definition) is 2. The number of ether oxygens (including phenoxy) is 1. The number of aromatic amines is 1. The van der Waals surface area contributed by atoms with Crippen LogP contribution in [0.15, 0.2) is 40.9 Å². The lowest BCUT2D eigenvalue weighted by molar-refractivity contribution is 0.415. The van der Waals surface area contributed by atoms with Crippen LogP contribution >= 0.6 is 15.9 Å². The van der Waals surface area contributed by atoms with Crippen LogP contribution in [-0.2, 0) is 0 Å². The van der Waals surface area contributed by atoms with Crippen LogP contribution in [-0.4, -0.2) is 17.1 Å². The van der Waals surface area contributed by atoms with E-state index in [1.165, 1.54) is 5.56 Å². The van der Waals surface area contributed by atoms with Crippen molar-refractivity contribution in [2.24, 2.45) is 0 Å². The Kier molecular flexibility index (Phi) is 3.03. The zero-order valence-electron chi connectivity index (χ0n) is 10.7. The molecule has 0 fully saturated rings. The van der Waals surface area contributed by atoms with Crippen LogP contribution < -0.4 is 4.74 Å². The highest BCUT2D eigenvalue weighted by atomic mass is 79.9. The summed E-state index contributed by atoms with van der Waals surface area (Å²) in [6.07, 6.45) is 0. The number of nitrogens with zero attached hydrogens (tertiary/aromatic N) is 1. The zero-order valence-corrected chi connectivity index (χ0v) is 12.3. The van der Waals surface area contributed by atoms with E-state index >= 15 is 0 Å². The van der Waals surface area contributed by atoms with Gasteiger partial charge in [0.2, 0.25) is 0 Å². The smallest absolute Gasteiger partial charge is 0.138 e. The molecular formula is C15H13BrN2O. The van der Waals surface area contributed by atoms with E-state index in [-0.39, 0.29) is 0 Å². The SMILES string of the molecule is COc1cc(Br)c2nc(-c3ccc(C)cc3)[nH]c2c1. The number of rotatable bonds is 2. The molecule has 0 saturated carbocycles. The Labute approximate surface area is 119 Å². The molecule has 0 atom stereocenters. The summed E-state index contributed by atoms with van der Waals surface area (Å²) in [7, 11) is 1.66. The van der Waals surface area contributed by atoms with Crippen LogP contribution in [0.1, 0.15) is 5.56 Å². The van der Waals surface area contributed by atoms with Crippen LogP contribution in [0.3, 0.4) is 0 Å². The van der Waals surface area contributed by atoms with Crippen molar-refractivity contribution in [3.05, 3.63) is 46.4 Å². The number of H-pyrrole nitrogens is 1. The molecule has 0 bridgehead atoms. The minimum Gasteiger partial charge on any atom is -0.497 e. The molecule has 0 aliphatic carbocycles. The van der Waals surface area contributed by atoms with Gasteiger partial charge in [0.1, 0.15) is 17.1 Å².